The van der Waals surface area contributed by atoms with Crippen molar-refractivity contribution in [1.29, 1.82) is 0 Å². The third kappa shape index (κ3) is 5.20. The number of benzene rings is 1. The summed E-state index contributed by atoms with van der Waals surface area (Å²) in [5.41, 5.74) is -0.126. The molecule has 0 atom stereocenters. The summed E-state index contributed by atoms with van der Waals surface area (Å²) < 4.78 is 31.6. The van der Waals surface area contributed by atoms with E-state index in [0.717, 1.165) is 10.7 Å². The van der Waals surface area contributed by atoms with Crippen molar-refractivity contribution in [2.45, 2.75) is 13.3 Å². The minimum atomic E-state index is -2.93. The number of pyridine rings is 1. The van der Waals surface area contributed by atoms with Gasteiger partial charge in [0.25, 0.3) is 18.2 Å². The molecule has 168 valence electrons. The molecule has 0 radical (unpaired) electrons. The summed E-state index contributed by atoms with van der Waals surface area (Å²) in [6.07, 6.45) is 1.98. The normalized spacial score (nSPS) is 11.2. The second-order valence-electron chi connectivity index (χ2n) is 6.74. The van der Waals surface area contributed by atoms with Gasteiger partial charge in [-0.2, -0.15) is 9.46 Å². The number of carbonyl (C=O) groups excluding carboxylic acids is 2. The number of hydrogen-bond acceptors (Lipinski definition) is 4. The van der Waals surface area contributed by atoms with Gasteiger partial charge in [0.1, 0.15) is 11.4 Å². The second kappa shape index (κ2) is 9.85. The summed E-state index contributed by atoms with van der Waals surface area (Å²) in [7, 11) is -0.550. The van der Waals surface area contributed by atoms with Gasteiger partial charge in [0.2, 0.25) is 0 Å². The van der Waals surface area contributed by atoms with Gasteiger partial charge in [-0.15, -0.1) is 0 Å². The van der Waals surface area contributed by atoms with Gasteiger partial charge in [-0.25, -0.2) is 18.4 Å². The Hall–Kier alpha value is -2.69. The van der Waals surface area contributed by atoms with Crippen LogP contribution in [0.5, 0.6) is 0 Å². The molecule has 1 aromatic carbocycles. The topological polar surface area (TPSA) is 89.2 Å². The Labute approximate surface area is 194 Å². The van der Waals surface area contributed by atoms with Gasteiger partial charge in [-0.1, -0.05) is 33.9 Å². The van der Waals surface area contributed by atoms with E-state index in [9.17, 15) is 18.4 Å². The van der Waals surface area contributed by atoms with E-state index >= 15 is 0 Å². The van der Waals surface area contributed by atoms with Gasteiger partial charge in [-0.3, -0.25) is 9.59 Å². The van der Waals surface area contributed by atoms with Crippen LogP contribution in [0.1, 0.15) is 38.5 Å². The zero-order valence-electron chi connectivity index (χ0n) is 17.1. The first-order valence-corrected chi connectivity index (χ1v) is 11.8. The van der Waals surface area contributed by atoms with E-state index in [1.807, 2.05) is 0 Å². The first-order valence-electron chi connectivity index (χ1n) is 9.02. The number of aryl methyl sites for hydroxylation is 1. The van der Waals surface area contributed by atoms with Gasteiger partial charge in [0.15, 0.2) is 5.82 Å². The molecule has 12 heteroatoms. The molecule has 0 unspecified atom stereocenters. The fourth-order valence-electron chi connectivity index (χ4n) is 2.83. The van der Waals surface area contributed by atoms with E-state index in [1.54, 1.807) is 31.6 Å². The van der Waals surface area contributed by atoms with Crippen molar-refractivity contribution < 1.29 is 18.4 Å². The highest BCUT2D eigenvalue weighted by Gasteiger charge is 2.25. The van der Waals surface area contributed by atoms with Crippen LogP contribution in [0.3, 0.4) is 0 Å². The largest absolute Gasteiger partial charge is 0.320 e. The van der Waals surface area contributed by atoms with Crippen molar-refractivity contribution in [3.63, 3.8) is 0 Å². The zero-order valence-corrected chi connectivity index (χ0v) is 19.4. The van der Waals surface area contributed by atoms with Crippen LogP contribution in [0.4, 0.5) is 14.5 Å². The summed E-state index contributed by atoms with van der Waals surface area (Å²) in [4.78, 5) is 29.8. The smallest absolute Gasteiger partial charge is 0.285 e. The zero-order chi connectivity index (χ0) is 23.6. The maximum atomic E-state index is 13.3. The number of aromatic nitrogens is 3. The second-order valence-corrected chi connectivity index (χ2v) is 9.32. The number of hydrogen-bond donors (Lipinski definition) is 1. The van der Waals surface area contributed by atoms with Crippen molar-refractivity contribution in [1.82, 2.24) is 14.8 Å². The number of rotatable bonds is 5. The maximum Gasteiger partial charge on any atom is 0.285 e. The lowest BCUT2D eigenvalue weighted by atomic mass is 10.1. The van der Waals surface area contributed by atoms with Crippen LogP contribution in [0.15, 0.2) is 40.9 Å². The third-order valence-corrected chi connectivity index (χ3v) is 5.20. The van der Waals surface area contributed by atoms with E-state index in [0.29, 0.717) is 5.56 Å². The minimum absolute atomic E-state index is 0.00588. The summed E-state index contributed by atoms with van der Waals surface area (Å²) >= 11 is 12.2. The van der Waals surface area contributed by atoms with Crippen LogP contribution in [0.25, 0.3) is 5.82 Å². The van der Waals surface area contributed by atoms with Crippen molar-refractivity contribution >= 4 is 51.4 Å². The molecular formula is C20H17Cl2F2N5O2S. The SMILES string of the molecule is Cc1cc(Cl)cc(C(=O)N=S(C)C)c1NC(=O)c1cc(C(F)F)nn1-c1ncccc1Cl. The summed E-state index contributed by atoms with van der Waals surface area (Å²) in [5.74, 6) is -1.35. The monoisotopic (exact) mass is 499 g/mol. The molecule has 3 aromatic rings. The lowest BCUT2D eigenvalue weighted by Gasteiger charge is -2.14. The quantitative estimate of drug-likeness (QED) is 0.517. The average Bonchev–Trinajstić information content (AvgIpc) is 3.15. The van der Waals surface area contributed by atoms with E-state index in [4.69, 9.17) is 23.2 Å². The molecule has 7 nitrogen and oxygen atoms in total. The highest BCUT2D eigenvalue weighted by Crippen LogP contribution is 2.29. The molecule has 0 spiro atoms. The number of amides is 2. The molecule has 2 amide bonds. The van der Waals surface area contributed by atoms with Crippen molar-refractivity contribution in [3.8, 4) is 5.82 Å². The van der Waals surface area contributed by atoms with E-state index in [2.05, 4.69) is 19.8 Å². The third-order valence-electron chi connectivity index (χ3n) is 4.16. The van der Waals surface area contributed by atoms with Gasteiger partial charge in [-0.05, 0) is 55.3 Å². The molecule has 0 aliphatic carbocycles. The van der Waals surface area contributed by atoms with Crippen LogP contribution in [-0.2, 0) is 10.7 Å². The van der Waals surface area contributed by atoms with Crippen LogP contribution < -0.4 is 5.32 Å². The van der Waals surface area contributed by atoms with Crippen molar-refractivity contribution in [2.24, 2.45) is 4.36 Å². The van der Waals surface area contributed by atoms with Gasteiger partial charge >= 0.3 is 0 Å². The van der Waals surface area contributed by atoms with Gasteiger partial charge < -0.3 is 5.32 Å². The lowest BCUT2D eigenvalue weighted by molar-refractivity contribution is 0.101. The number of alkyl halides is 2. The molecule has 0 saturated carbocycles. The Bertz CT molecular complexity index is 1240. The van der Waals surface area contributed by atoms with Gasteiger partial charge in [0, 0.05) is 11.2 Å². The fraction of sp³-hybridized carbons (Fsp3) is 0.200. The Morgan fingerprint density at radius 1 is 1.22 bits per heavy atom. The number of anilines is 1. The summed E-state index contributed by atoms with van der Waals surface area (Å²) in [5, 5.41) is 6.80. The molecule has 32 heavy (non-hydrogen) atoms. The predicted molar refractivity (Wildman–Crippen MR) is 121 cm³/mol. The van der Waals surface area contributed by atoms with Crippen LogP contribution in [0, 0.1) is 6.92 Å². The first kappa shape index (κ1) is 24.0. The summed E-state index contributed by atoms with van der Waals surface area (Å²) in [6.45, 7) is 1.65. The molecule has 2 heterocycles. The number of nitrogens with zero attached hydrogens (tertiary/aromatic N) is 4. The summed E-state index contributed by atoms with van der Waals surface area (Å²) in [6, 6.07) is 6.93. The molecule has 0 bridgehead atoms. The maximum absolute atomic E-state index is 13.3. The Morgan fingerprint density at radius 3 is 2.56 bits per heavy atom. The fourth-order valence-corrected chi connectivity index (χ4v) is 3.74. The molecule has 0 fully saturated rings. The standard InChI is InChI=1S/C20H17Cl2F2N5O2S/c1-10-7-11(21)8-12(19(30)28-32(2)3)16(10)26-20(31)15-9-14(17(23)24)27-29(15)18-13(22)5-4-6-25-18/h4-9,17H,1-3H3,(H,26,31). The average molecular weight is 500 g/mol. The number of carbonyl (C=O) groups is 2. The van der Waals surface area contributed by atoms with Crippen LogP contribution in [0.2, 0.25) is 10.0 Å². The molecule has 2 aromatic heterocycles. The lowest BCUT2D eigenvalue weighted by Crippen LogP contribution is -2.20. The van der Waals surface area contributed by atoms with Crippen LogP contribution >= 0.6 is 23.2 Å². The van der Waals surface area contributed by atoms with E-state index < -0.39 is 34.6 Å². The highest BCUT2D eigenvalue weighted by atomic mass is 35.5. The van der Waals surface area contributed by atoms with E-state index in [1.165, 1.54) is 18.3 Å². The number of halogens is 4. The molecular weight excluding hydrogens is 483 g/mol. The predicted octanol–water partition coefficient (Wildman–Crippen LogP) is 5.27. The molecule has 0 saturated heterocycles. The molecule has 0 aliphatic heterocycles. The molecule has 1 N–H and O–H groups in total. The first-order chi connectivity index (χ1) is 15.1. The Morgan fingerprint density at radius 2 is 1.94 bits per heavy atom. The van der Waals surface area contributed by atoms with Crippen molar-refractivity contribution in [3.05, 3.63) is 69.1 Å². The Kier molecular flexibility index (Phi) is 7.37. The van der Waals surface area contributed by atoms with Crippen molar-refractivity contribution in [2.75, 3.05) is 17.8 Å². The Balaban J connectivity index is 2.10. The molecule has 3 rings (SSSR count). The molecule has 0 aliphatic rings. The van der Waals surface area contributed by atoms with Crippen LogP contribution in [-0.4, -0.2) is 39.1 Å². The minimum Gasteiger partial charge on any atom is -0.320 e. The highest BCUT2D eigenvalue weighted by molar-refractivity contribution is 7.86. The van der Waals surface area contributed by atoms with Gasteiger partial charge in [0.05, 0.1) is 16.3 Å². The number of nitrogens with one attached hydrogen (secondary N) is 1. The van der Waals surface area contributed by atoms with E-state index in [-0.39, 0.29) is 32.8 Å².